The molecule has 2 aromatic carbocycles. The summed E-state index contributed by atoms with van der Waals surface area (Å²) in [6, 6.07) is 16.2. The summed E-state index contributed by atoms with van der Waals surface area (Å²) >= 11 is 6.13. The lowest BCUT2D eigenvalue weighted by Gasteiger charge is -2.22. The SMILES string of the molecule is Cc1nn(Cc2ccccc2)c(C)c1CNC(=O)[C@@H](NC(=O)c1ccccc1Cl)C(C)C. The number of amides is 2. The van der Waals surface area contributed by atoms with Crippen LogP contribution in [0.3, 0.4) is 0 Å². The quantitative estimate of drug-likeness (QED) is 0.535. The van der Waals surface area contributed by atoms with E-state index in [-0.39, 0.29) is 17.7 Å². The molecule has 0 saturated heterocycles. The highest BCUT2D eigenvalue weighted by Crippen LogP contribution is 2.17. The van der Waals surface area contributed by atoms with Gasteiger partial charge in [-0.2, -0.15) is 5.10 Å². The first-order valence-electron chi connectivity index (χ1n) is 10.7. The van der Waals surface area contributed by atoms with E-state index in [0.29, 0.717) is 23.7 Å². The number of hydrogen-bond acceptors (Lipinski definition) is 3. The zero-order chi connectivity index (χ0) is 23.3. The molecular weight excluding hydrogens is 424 g/mol. The van der Waals surface area contributed by atoms with Crippen molar-refractivity contribution in [3.05, 3.63) is 87.7 Å². The van der Waals surface area contributed by atoms with Gasteiger partial charge in [0.15, 0.2) is 0 Å². The van der Waals surface area contributed by atoms with Gasteiger partial charge in [0.25, 0.3) is 5.91 Å². The Bertz CT molecular complexity index is 1090. The molecule has 3 rings (SSSR count). The smallest absolute Gasteiger partial charge is 0.253 e. The average Bonchev–Trinajstić information content (AvgIpc) is 3.03. The molecule has 32 heavy (non-hydrogen) atoms. The maximum atomic E-state index is 12.9. The van der Waals surface area contributed by atoms with Gasteiger partial charge in [0.05, 0.1) is 22.8 Å². The third kappa shape index (κ3) is 5.56. The van der Waals surface area contributed by atoms with Gasteiger partial charge in [0.1, 0.15) is 6.04 Å². The van der Waals surface area contributed by atoms with E-state index in [1.54, 1.807) is 24.3 Å². The molecule has 3 aromatic rings. The Kier molecular flexibility index (Phi) is 7.70. The first-order valence-corrected chi connectivity index (χ1v) is 11.1. The topological polar surface area (TPSA) is 76.0 Å². The van der Waals surface area contributed by atoms with Crippen LogP contribution in [0.15, 0.2) is 54.6 Å². The molecule has 1 atom stereocenters. The number of aromatic nitrogens is 2. The lowest BCUT2D eigenvalue weighted by molar-refractivity contribution is -0.124. The zero-order valence-corrected chi connectivity index (χ0v) is 19.6. The van der Waals surface area contributed by atoms with E-state index in [2.05, 4.69) is 27.9 Å². The van der Waals surface area contributed by atoms with Gasteiger partial charge in [0.2, 0.25) is 5.91 Å². The number of rotatable bonds is 8. The Morgan fingerprint density at radius 3 is 2.34 bits per heavy atom. The highest BCUT2D eigenvalue weighted by Gasteiger charge is 2.26. The summed E-state index contributed by atoms with van der Waals surface area (Å²) in [7, 11) is 0. The Morgan fingerprint density at radius 2 is 1.69 bits per heavy atom. The van der Waals surface area contributed by atoms with Gasteiger partial charge in [-0.05, 0) is 37.5 Å². The summed E-state index contributed by atoms with van der Waals surface area (Å²) in [5.74, 6) is -0.702. The molecule has 0 bridgehead atoms. The first-order chi connectivity index (χ1) is 15.3. The van der Waals surface area contributed by atoms with Crippen LogP contribution < -0.4 is 10.6 Å². The predicted molar refractivity (Wildman–Crippen MR) is 127 cm³/mol. The fourth-order valence-corrected chi connectivity index (χ4v) is 3.81. The summed E-state index contributed by atoms with van der Waals surface area (Å²) in [5, 5.41) is 10.8. The standard InChI is InChI=1S/C25H29ClN4O2/c1-16(2)23(28-24(31)20-12-8-9-13-22(20)26)25(32)27-14-21-17(3)29-30(18(21)4)15-19-10-6-5-7-11-19/h5-13,16,23H,14-15H2,1-4H3,(H,27,32)(H,28,31)/t23-/m0/s1. The van der Waals surface area contributed by atoms with Gasteiger partial charge in [-0.15, -0.1) is 0 Å². The van der Waals surface area contributed by atoms with Crippen molar-refractivity contribution in [2.75, 3.05) is 0 Å². The third-order valence-electron chi connectivity index (χ3n) is 5.50. The lowest BCUT2D eigenvalue weighted by atomic mass is 10.0. The van der Waals surface area contributed by atoms with Crippen molar-refractivity contribution >= 4 is 23.4 Å². The Hall–Kier alpha value is -3.12. The van der Waals surface area contributed by atoms with Crippen LogP contribution >= 0.6 is 11.6 Å². The lowest BCUT2D eigenvalue weighted by Crippen LogP contribution is -2.49. The molecule has 0 aliphatic carbocycles. The molecule has 6 nitrogen and oxygen atoms in total. The summed E-state index contributed by atoms with van der Waals surface area (Å²) in [5.41, 5.74) is 4.37. The van der Waals surface area contributed by atoms with Gasteiger partial charge >= 0.3 is 0 Å². The van der Waals surface area contributed by atoms with E-state index < -0.39 is 6.04 Å². The van der Waals surface area contributed by atoms with Crippen molar-refractivity contribution in [1.29, 1.82) is 0 Å². The van der Waals surface area contributed by atoms with Crippen LogP contribution in [0, 0.1) is 19.8 Å². The number of hydrogen-bond donors (Lipinski definition) is 2. The van der Waals surface area contributed by atoms with Crippen molar-refractivity contribution in [3.8, 4) is 0 Å². The Balaban J connectivity index is 1.68. The summed E-state index contributed by atoms with van der Waals surface area (Å²) in [4.78, 5) is 25.6. The second-order valence-electron chi connectivity index (χ2n) is 8.19. The fourth-order valence-electron chi connectivity index (χ4n) is 3.58. The molecular formula is C25H29ClN4O2. The van der Waals surface area contributed by atoms with E-state index >= 15 is 0 Å². The van der Waals surface area contributed by atoms with E-state index in [9.17, 15) is 9.59 Å². The summed E-state index contributed by atoms with van der Waals surface area (Å²) < 4.78 is 1.95. The molecule has 0 unspecified atom stereocenters. The van der Waals surface area contributed by atoms with Crippen LogP contribution in [0.25, 0.3) is 0 Å². The Labute approximate surface area is 194 Å². The maximum absolute atomic E-state index is 12.9. The van der Waals surface area contributed by atoms with Crippen LogP contribution in [0.2, 0.25) is 5.02 Å². The molecule has 0 spiro atoms. The summed E-state index contributed by atoms with van der Waals surface area (Å²) in [6.45, 7) is 8.75. The van der Waals surface area contributed by atoms with Gasteiger partial charge in [-0.25, -0.2) is 0 Å². The molecule has 0 saturated carbocycles. The van der Waals surface area contributed by atoms with Gasteiger partial charge in [0, 0.05) is 17.8 Å². The van der Waals surface area contributed by atoms with Crippen molar-refractivity contribution in [3.63, 3.8) is 0 Å². The van der Waals surface area contributed by atoms with Gasteiger partial charge in [-0.3, -0.25) is 14.3 Å². The number of nitrogens with one attached hydrogen (secondary N) is 2. The first kappa shape index (κ1) is 23.5. The van der Waals surface area contributed by atoms with Crippen LogP contribution in [-0.2, 0) is 17.9 Å². The van der Waals surface area contributed by atoms with Gasteiger partial charge in [-0.1, -0.05) is 67.9 Å². The largest absolute Gasteiger partial charge is 0.350 e. The molecule has 2 amide bonds. The molecule has 2 N–H and O–H groups in total. The van der Waals surface area contributed by atoms with Crippen LogP contribution in [0.5, 0.6) is 0 Å². The minimum Gasteiger partial charge on any atom is -0.350 e. The van der Waals surface area contributed by atoms with Crippen molar-refractivity contribution in [2.24, 2.45) is 5.92 Å². The number of carbonyl (C=O) groups excluding carboxylic acids is 2. The number of nitrogens with zero attached hydrogens (tertiary/aromatic N) is 2. The number of halogens is 1. The normalized spacial score (nSPS) is 11.9. The minimum absolute atomic E-state index is 0.0931. The van der Waals surface area contributed by atoms with Crippen molar-refractivity contribution in [2.45, 2.75) is 46.8 Å². The molecule has 0 fully saturated rings. The zero-order valence-electron chi connectivity index (χ0n) is 18.9. The van der Waals surface area contributed by atoms with Crippen LogP contribution in [0.4, 0.5) is 0 Å². The van der Waals surface area contributed by atoms with Gasteiger partial charge < -0.3 is 10.6 Å². The monoisotopic (exact) mass is 452 g/mol. The van der Waals surface area contributed by atoms with E-state index in [1.165, 1.54) is 0 Å². The van der Waals surface area contributed by atoms with Crippen LogP contribution in [-0.4, -0.2) is 27.6 Å². The Morgan fingerprint density at radius 1 is 1.03 bits per heavy atom. The van der Waals surface area contributed by atoms with E-state index in [4.69, 9.17) is 11.6 Å². The average molecular weight is 453 g/mol. The molecule has 168 valence electrons. The molecule has 0 radical (unpaired) electrons. The van der Waals surface area contributed by atoms with E-state index in [1.807, 2.05) is 50.6 Å². The molecule has 1 heterocycles. The highest BCUT2D eigenvalue weighted by molar-refractivity contribution is 6.33. The van der Waals surface area contributed by atoms with E-state index in [0.717, 1.165) is 22.5 Å². The number of aryl methyl sites for hydroxylation is 1. The summed E-state index contributed by atoms with van der Waals surface area (Å²) in [6.07, 6.45) is 0. The predicted octanol–water partition coefficient (Wildman–Crippen LogP) is 4.27. The highest BCUT2D eigenvalue weighted by atomic mass is 35.5. The second kappa shape index (κ2) is 10.5. The molecule has 0 aliphatic rings. The molecule has 0 aliphatic heterocycles. The van der Waals surface area contributed by atoms with Crippen molar-refractivity contribution < 1.29 is 9.59 Å². The number of benzene rings is 2. The minimum atomic E-state index is -0.682. The van der Waals surface area contributed by atoms with Crippen LogP contribution in [0.1, 0.15) is 46.7 Å². The maximum Gasteiger partial charge on any atom is 0.253 e. The van der Waals surface area contributed by atoms with Crippen molar-refractivity contribution in [1.82, 2.24) is 20.4 Å². The molecule has 1 aromatic heterocycles. The third-order valence-corrected chi connectivity index (χ3v) is 5.83. The molecule has 7 heteroatoms. The fraction of sp³-hybridized carbons (Fsp3) is 0.320. The number of carbonyl (C=O) groups is 2. The second-order valence-corrected chi connectivity index (χ2v) is 8.59.